The molecule has 1 aliphatic heterocycles. The summed E-state index contributed by atoms with van der Waals surface area (Å²) in [6.45, 7) is 11.0. The SMILES string of the molecule is Cc1ccc(CC2Oc3cccc(C(C)C)c3O2)c(C(C)C)c1. The zero-order valence-corrected chi connectivity index (χ0v) is 14.7. The van der Waals surface area contributed by atoms with E-state index in [4.69, 9.17) is 9.47 Å². The average Bonchev–Trinajstić information content (AvgIpc) is 2.90. The van der Waals surface area contributed by atoms with Crippen molar-refractivity contribution in [3.05, 3.63) is 58.7 Å². The van der Waals surface area contributed by atoms with Gasteiger partial charge in [0.15, 0.2) is 11.5 Å². The zero-order chi connectivity index (χ0) is 16.6. The molecule has 0 N–H and O–H groups in total. The summed E-state index contributed by atoms with van der Waals surface area (Å²) in [6, 6.07) is 12.8. The predicted molar refractivity (Wildman–Crippen MR) is 94.5 cm³/mol. The molecule has 1 aliphatic rings. The number of hydrogen-bond donors (Lipinski definition) is 0. The molecular weight excluding hydrogens is 284 g/mol. The summed E-state index contributed by atoms with van der Waals surface area (Å²) in [5.41, 5.74) is 5.22. The van der Waals surface area contributed by atoms with Gasteiger partial charge in [-0.15, -0.1) is 0 Å². The van der Waals surface area contributed by atoms with Crippen molar-refractivity contribution in [2.75, 3.05) is 0 Å². The van der Waals surface area contributed by atoms with Crippen LogP contribution in [0.25, 0.3) is 0 Å². The number of ether oxygens (including phenoxy) is 2. The Balaban J connectivity index is 1.83. The van der Waals surface area contributed by atoms with Crippen LogP contribution in [0.4, 0.5) is 0 Å². The lowest BCUT2D eigenvalue weighted by Gasteiger charge is -2.17. The third-order valence-electron chi connectivity index (χ3n) is 4.45. The normalized spacial score (nSPS) is 16.4. The number of hydrogen-bond acceptors (Lipinski definition) is 2. The van der Waals surface area contributed by atoms with Crippen molar-refractivity contribution >= 4 is 0 Å². The largest absolute Gasteiger partial charge is 0.451 e. The summed E-state index contributed by atoms with van der Waals surface area (Å²) in [6.07, 6.45) is 0.546. The van der Waals surface area contributed by atoms with E-state index in [2.05, 4.69) is 58.9 Å². The highest BCUT2D eigenvalue weighted by atomic mass is 16.7. The molecule has 0 fully saturated rings. The minimum absolute atomic E-state index is 0.231. The first-order valence-electron chi connectivity index (χ1n) is 8.51. The molecular formula is C21H26O2. The number of benzene rings is 2. The Hall–Kier alpha value is -1.96. The van der Waals surface area contributed by atoms with E-state index in [1.807, 2.05) is 12.1 Å². The Bertz CT molecular complexity index is 701. The quantitative estimate of drug-likeness (QED) is 0.733. The van der Waals surface area contributed by atoms with Crippen LogP contribution in [0, 0.1) is 6.92 Å². The lowest BCUT2D eigenvalue weighted by Crippen LogP contribution is -2.22. The van der Waals surface area contributed by atoms with Crippen LogP contribution in [0.3, 0.4) is 0 Å². The van der Waals surface area contributed by atoms with Gasteiger partial charge in [-0.3, -0.25) is 0 Å². The van der Waals surface area contributed by atoms with Gasteiger partial charge in [-0.2, -0.15) is 0 Å². The van der Waals surface area contributed by atoms with Crippen molar-refractivity contribution in [2.45, 2.75) is 59.2 Å². The maximum Gasteiger partial charge on any atom is 0.245 e. The molecule has 1 heterocycles. The van der Waals surface area contributed by atoms with Crippen molar-refractivity contribution in [1.82, 2.24) is 0 Å². The molecule has 2 aromatic rings. The van der Waals surface area contributed by atoms with Crippen molar-refractivity contribution in [1.29, 1.82) is 0 Å². The number of aryl methyl sites for hydroxylation is 1. The van der Waals surface area contributed by atoms with E-state index >= 15 is 0 Å². The molecule has 2 heteroatoms. The van der Waals surface area contributed by atoms with E-state index in [-0.39, 0.29) is 6.29 Å². The first kappa shape index (κ1) is 15.9. The molecule has 122 valence electrons. The van der Waals surface area contributed by atoms with Gasteiger partial charge in [-0.05, 0) is 36.0 Å². The second-order valence-corrected chi connectivity index (χ2v) is 7.06. The fraction of sp³-hybridized carbons (Fsp3) is 0.429. The second-order valence-electron chi connectivity index (χ2n) is 7.06. The standard InChI is InChI=1S/C21H26O2/c1-13(2)17-7-6-8-19-21(17)23-20(22-19)12-16-10-9-15(5)11-18(16)14(3)4/h6-11,13-14,20H,12H2,1-5H3. The summed E-state index contributed by atoms with van der Waals surface area (Å²) in [7, 11) is 0. The van der Waals surface area contributed by atoms with E-state index in [1.54, 1.807) is 0 Å². The van der Waals surface area contributed by atoms with Crippen LogP contribution in [-0.2, 0) is 6.42 Å². The van der Waals surface area contributed by atoms with Crippen LogP contribution < -0.4 is 9.47 Å². The van der Waals surface area contributed by atoms with Gasteiger partial charge in [-0.1, -0.05) is 63.6 Å². The second kappa shape index (κ2) is 6.27. The molecule has 2 aromatic carbocycles. The third kappa shape index (κ3) is 3.21. The first-order valence-corrected chi connectivity index (χ1v) is 8.51. The zero-order valence-electron chi connectivity index (χ0n) is 14.7. The minimum atomic E-state index is -0.231. The fourth-order valence-corrected chi connectivity index (χ4v) is 3.20. The summed E-state index contributed by atoms with van der Waals surface area (Å²) >= 11 is 0. The van der Waals surface area contributed by atoms with E-state index in [0.29, 0.717) is 11.8 Å². The number of rotatable bonds is 4. The first-order chi connectivity index (χ1) is 11.0. The third-order valence-corrected chi connectivity index (χ3v) is 4.45. The van der Waals surface area contributed by atoms with Crippen molar-refractivity contribution < 1.29 is 9.47 Å². The van der Waals surface area contributed by atoms with Gasteiger partial charge in [0, 0.05) is 12.0 Å². The van der Waals surface area contributed by atoms with Crippen LogP contribution in [0.1, 0.15) is 61.8 Å². The number of fused-ring (bicyclic) bond motifs is 1. The molecule has 23 heavy (non-hydrogen) atoms. The highest BCUT2D eigenvalue weighted by molar-refractivity contribution is 5.50. The molecule has 0 spiro atoms. The Morgan fingerprint density at radius 2 is 1.65 bits per heavy atom. The van der Waals surface area contributed by atoms with E-state index in [0.717, 1.165) is 17.9 Å². The maximum absolute atomic E-state index is 6.15. The Morgan fingerprint density at radius 1 is 0.913 bits per heavy atom. The van der Waals surface area contributed by atoms with E-state index in [1.165, 1.54) is 22.3 Å². The molecule has 2 nitrogen and oxygen atoms in total. The summed E-state index contributed by atoms with van der Waals surface area (Å²) < 4.78 is 12.2. The Labute approximate surface area is 139 Å². The summed E-state index contributed by atoms with van der Waals surface area (Å²) in [5, 5.41) is 0. The molecule has 0 saturated heterocycles. The minimum Gasteiger partial charge on any atom is -0.451 e. The van der Waals surface area contributed by atoms with Gasteiger partial charge in [-0.25, -0.2) is 0 Å². The topological polar surface area (TPSA) is 18.5 Å². The molecule has 0 radical (unpaired) electrons. The van der Waals surface area contributed by atoms with Crippen LogP contribution in [0.2, 0.25) is 0 Å². The van der Waals surface area contributed by atoms with Gasteiger partial charge < -0.3 is 9.47 Å². The molecule has 1 atom stereocenters. The summed E-state index contributed by atoms with van der Waals surface area (Å²) in [5.74, 6) is 2.72. The van der Waals surface area contributed by atoms with Crippen LogP contribution in [0.5, 0.6) is 11.5 Å². The van der Waals surface area contributed by atoms with Gasteiger partial charge >= 0.3 is 0 Å². The Morgan fingerprint density at radius 3 is 2.35 bits per heavy atom. The molecule has 0 saturated carbocycles. The molecule has 3 rings (SSSR count). The maximum atomic E-state index is 6.15. The predicted octanol–water partition coefficient (Wildman–Crippen LogP) is 5.58. The van der Waals surface area contributed by atoms with Gasteiger partial charge in [0.25, 0.3) is 0 Å². The lowest BCUT2D eigenvalue weighted by molar-refractivity contribution is 0.0495. The summed E-state index contributed by atoms with van der Waals surface area (Å²) in [4.78, 5) is 0. The van der Waals surface area contributed by atoms with Crippen molar-refractivity contribution in [3.8, 4) is 11.5 Å². The van der Waals surface area contributed by atoms with Crippen LogP contribution in [-0.4, -0.2) is 6.29 Å². The van der Waals surface area contributed by atoms with Crippen molar-refractivity contribution in [3.63, 3.8) is 0 Å². The molecule has 1 unspecified atom stereocenters. The monoisotopic (exact) mass is 310 g/mol. The highest BCUT2D eigenvalue weighted by Gasteiger charge is 2.28. The molecule has 0 amide bonds. The smallest absolute Gasteiger partial charge is 0.245 e. The Kier molecular flexibility index (Phi) is 4.34. The molecule has 0 aliphatic carbocycles. The average molecular weight is 310 g/mol. The van der Waals surface area contributed by atoms with Gasteiger partial charge in [0.1, 0.15) is 0 Å². The lowest BCUT2D eigenvalue weighted by atomic mass is 9.93. The molecule has 0 bridgehead atoms. The van der Waals surface area contributed by atoms with E-state index < -0.39 is 0 Å². The van der Waals surface area contributed by atoms with Gasteiger partial charge in [0.2, 0.25) is 6.29 Å². The highest BCUT2D eigenvalue weighted by Crippen LogP contribution is 2.41. The molecule has 0 aromatic heterocycles. The van der Waals surface area contributed by atoms with E-state index in [9.17, 15) is 0 Å². The van der Waals surface area contributed by atoms with Crippen molar-refractivity contribution in [2.24, 2.45) is 0 Å². The fourth-order valence-electron chi connectivity index (χ4n) is 3.20. The van der Waals surface area contributed by atoms with Crippen LogP contribution >= 0.6 is 0 Å². The van der Waals surface area contributed by atoms with Crippen LogP contribution in [0.15, 0.2) is 36.4 Å². The number of para-hydroxylation sites is 1. The van der Waals surface area contributed by atoms with Gasteiger partial charge in [0.05, 0.1) is 0 Å².